The number of nitrogens with zero attached hydrogens (tertiary/aromatic N) is 1. The zero-order valence-electron chi connectivity index (χ0n) is 14.3. The Labute approximate surface area is 163 Å². The van der Waals surface area contributed by atoms with Crippen LogP contribution in [0.1, 0.15) is 19.8 Å². The van der Waals surface area contributed by atoms with Crippen LogP contribution in [-0.4, -0.2) is 54.4 Å². The maximum Gasteiger partial charge on any atom is 0.191 e. The molecule has 1 aromatic carbocycles. The molecule has 1 aliphatic rings. The molecule has 1 aliphatic heterocycles. The molecular formula is C17H25Cl2N3O2S. The van der Waals surface area contributed by atoms with Gasteiger partial charge in [-0.25, -0.2) is 0 Å². The lowest BCUT2D eigenvalue weighted by atomic mass is 10.2. The first-order valence-electron chi connectivity index (χ1n) is 8.48. The minimum atomic E-state index is -0.730. The first-order chi connectivity index (χ1) is 12.1. The van der Waals surface area contributed by atoms with Gasteiger partial charge in [0, 0.05) is 18.3 Å². The van der Waals surface area contributed by atoms with Crippen molar-refractivity contribution in [2.45, 2.75) is 31.1 Å². The van der Waals surface area contributed by atoms with Gasteiger partial charge in [-0.2, -0.15) is 11.8 Å². The van der Waals surface area contributed by atoms with E-state index in [0.717, 1.165) is 19.0 Å². The van der Waals surface area contributed by atoms with Gasteiger partial charge in [0.25, 0.3) is 0 Å². The van der Waals surface area contributed by atoms with E-state index in [4.69, 9.17) is 27.9 Å². The number of aliphatic imine (C=N–C) groups is 1. The molecule has 25 heavy (non-hydrogen) atoms. The van der Waals surface area contributed by atoms with Crippen molar-refractivity contribution in [3.63, 3.8) is 0 Å². The zero-order valence-corrected chi connectivity index (χ0v) is 16.6. The molecule has 0 aliphatic carbocycles. The van der Waals surface area contributed by atoms with Crippen LogP contribution in [0.5, 0.6) is 5.75 Å². The monoisotopic (exact) mass is 405 g/mol. The highest BCUT2D eigenvalue weighted by Gasteiger charge is 2.16. The van der Waals surface area contributed by atoms with Crippen LogP contribution < -0.4 is 15.4 Å². The molecule has 1 heterocycles. The molecule has 2 atom stereocenters. The molecular weight excluding hydrogens is 381 g/mol. The molecule has 1 aromatic rings. The Morgan fingerprint density at radius 2 is 2.28 bits per heavy atom. The summed E-state index contributed by atoms with van der Waals surface area (Å²) in [7, 11) is 0. The summed E-state index contributed by atoms with van der Waals surface area (Å²) in [5.41, 5.74) is 0. The first-order valence-corrected chi connectivity index (χ1v) is 10.3. The van der Waals surface area contributed by atoms with Gasteiger partial charge in [-0.05, 0) is 37.7 Å². The number of hydrogen-bond acceptors (Lipinski definition) is 4. The van der Waals surface area contributed by atoms with Gasteiger partial charge in [-0.15, -0.1) is 0 Å². The van der Waals surface area contributed by atoms with Crippen molar-refractivity contribution in [2.75, 3.05) is 32.0 Å². The number of aliphatic hydroxyl groups is 1. The lowest BCUT2D eigenvalue weighted by molar-refractivity contribution is 0.114. The first kappa shape index (κ1) is 20.5. The van der Waals surface area contributed by atoms with E-state index in [1.807, 2.05) is 18.7 Å². The predicted molar refractivity (Wildman–Crippen MR) is 107 cm³/mol. The van der Waals surface area contributed by atoms with Crippen molar-refractivity contribution in [2.24, 2.45) is 4.99 Å². The fourth-order valence-electron chi connectivity index (χ4n) is 2.39. The van der Waals surface area contributed by atoms with Crippen LogP contribution in [0.3, 0.4) is 0 Å². The molecule has 0 amide bonds. The molecule has 2 unspecified atom stereocenters. The van der Waals surface area contributed by atoms with Crippen LogP contribution in [-0.2, 0) is 0 Å². The molecule has 8 heteroatoms. The third-order valence-electron chi connectivity index (χ3n) is 3.67. The number of rotatable bonds is 8. The third-order valence-corrected chi connectivity index (χ3v) is 5.87. The molecule has 5 nitrogen and oxygen atoms in total. The largest absolute Gasteiger partial charge is 0.489 e. The molecule has 0 radical (unpaired) electrons. The number of benzene rings is 1. The molecule has 0 aromatic heterocycles. The van der Waals surface area contributed by atoms with Gasteiger partial charge in [0.2, 0.25) is 0 Å². The molecule has 1 saturated heterocycles. The molecule has 2 rings (SSSR count). The van der Waals surface area contributed by atoms with Crippen LogP contribution in [0.25, 0.3) is 0 Å². The fourth-order valence-corrected chi connectivity index (χ4v) is 3.94. The number of hydrogen-bond donors (Lipinski definition) is 3. The van der Waals surface area contributed by atoms with E-state index in [1.165, 1.54) is 18.6 Å². The minimum absolute atomic E-state index is 0.0987. The van der Waals surface area contributed by atoms with E-state index < -0.39 is 6.10 Å². The number of halogens is 2. The van der Waals surface area contributed by atoms with Crippen LogP contribution in [0.15, 0.2) is 23.2 Å². The van der Waals surface area contributed by atoms with Gasteiger partial charge in [0.1, 0.15) is 23.5 Å². The number of aliphatic hydroxyl groups excluding tert-OH is 1. The second-order valence-electron chi connectivity index (χ2n) is 5.75. The van der Waals surface area contributed by atoms with E-state index in [0.29, 0.717) is 21.0 Å². The Morgan fingerprint density at radius 3 is 3.00 bits per heavy atom. The summed E-state index contributed by atoms with van der Waals surface area (Å²) < 4.78 is 5.53. The topological polar surface area (TPSA) is 65.9 Å². The van der Waals surface area contributed by atoms with Gasteiger partial charge >= 0.3 is 0 Å². The van der Waals surface area contributed by atoms with Gasteiger partial charge in [0.15, 0.2) is 5.96 Å². The van der Waals surface area contributed by atoms with E-state index in [2.05, 4.69) is 15.6 Å². The molecule has 0 spiro atoms. The third kappa shape index (κ3) is 7.13. The standard InChI is InChI=1S/C17H25Cl2N3O2S/c1-2-20-17(22-10-13-5-4-8-25-13)21-9-12(23)11-24-15-7-3-6-14(18)16(15)19/h3,6-7,12-13,23H,2,4-5,8-11H2,1H3,(H2,20,21,22). The van der Waals surface area contributed by atoms with Crippen molar-refractivity contribution in [1.29, 1.82) is 0 Å². The highest BCUT2D eigenvalue weighted by Crippen LogP contribution is 2.31. The fraction of sp³-hybridized carbons (Fsp3) is 0.588. The summed E-state index contributed by atoms with van der Waals surface area (Å²) in [6.45, 7) is 4.02. The molecule has 0 bridgehead atoms. The molecule has 0 saturated carbocycles. The van der Waals surface area contributed by atoms with E-state index in [1.54, 1.807) is 18.2 Å². The van der Waals surface area contributed by atoms with Crippen LogP contribution in [0, 0.1) is 0 Å². The van der Waals surface area contributed by atoms with E-state index in [-0.39, 0.29) is 13.2 Å². The summed E-state index contributed by atoms with van der Waals surface area (Å²) in [6, 6.07) is 5.16. The Balaban J connectivity index is 1.78. The predicted octanol–water partition coefficient (Wildman–Crippen LogP) is 3.18. The summed E-state index contributed by atoms with van der Waals surface area (Å²) in [5, 5.41) is 18.0. The summed E-state index contributed by atoms with van der Waals surface area (Å²) in [6.07, 6.45) is 1.80. The van der Waals surface area contributed by atoms with E-state index in [9.17, 15) is 5.11 Å². The van der Waals surface area contributed by atoms with Crippen LogP contribution in [0.2, 0.25) is 10.0 Å². The average Bonchev–Trinajstić information content (AvgIpc) is 3.12. The van der Waals surface area contributed by atoms with Crippen molar-refractivity contribution < 1.29 is 9.84 Å². The maximum atomic E-state index is 10.1. The molecule has 1 fully saturated rings. The highest BCUT2D eigenvalue weighted by molar-refractivity contribution is 8.00. The molecule has 140 valence electrons. The minimum Gasteiger partial charge on any atom is -0.489 e. The Morgan fingerprint density at radius 1 is 1.44 bits per heavy atom. The highest BCUT2D eigenvalue weighted by atomic mass is 35.5. The van der Waals surface area contributed by atoms with Crippen molar-refractivity contribution in [3.05, 3.63) is 28.2 Å². The van der Waals surface area contributed by atoms with Gasteiger partial charge < -0.3 is 20.5 Å². The quantitative estimate of drug-likeness (QED) is 0.457. The van der Waals surface area contributed by atoms with E-state index >= 15 is 0 Å². The maximum absolute atomic E-state index is 10.1. The van der Waals surface area contributed by atoms with Gasteiger partial charge in [-0.1, -0.05) is 29.3 Å². The summed E-state index contributed by atoms with van der Waals surface area (Å²) in [5.74, 6) is 2.41. The Bertz CT molecular complexity index is 569. The number of nitrogens with one attached hydrogen (secondary N) is 2. The molecule has 3 N–H and O–H groups in total. The SMILES string of the molecule is CCNC(=NCC(O)COc1cccc(Cl)c1Cl)NCC1CCCS1. The van der Waals surface area contributed by atoms with Crippen LogP contribution in [0.4, 0.5) is 0 Å². The summed E-state index contributed by atoms with van der Waals surface area (Å²) in [4.78, 5) is 4.42. The van der Waals surface area contributed by atoms with Gasteiger partial charge in [-0.3, -0.25) is 4.99 Å². The number of thioether (sulfide) groups is 1. The Kier molecular flexibility index (Phi) is 9.03. The lowest BCUT2D eigenvalue weighted by Gasteiger charge is -2.16. The number of ether oxygens (including phenoxy) is 1. The normalized spacial score (nSPS) is 18.9. The zero-order chi connectivity index (χ0) is 18.1. The number of guanidine groups is 1. The average molecular weight is 406 g/mol. The van der Waals surface area contributed by atoms with Crippen molar-refractivity contribution in [1.82, 2.24) is 10.6 Å². The van der Waals surface area contributed by atoms with Gasteiger partial charge in [0.05, 0.1) is 11.6 Å². The summed E-state index contributed by atoms with van der Waals surface area (Å²) >= 11 is 14.0. The lowest BCUT2D eigenvalue weighted by Crippen LogP contribution is -2.40. The second kappa shape index (κ2) is 11.0. The smallest absolute Gasteiger partial charge is 0.191 e. The van der Waals surface area contributed by atoms with Crippen LogP contribution >= 0.6 is 35.0 Å². The van der Waals surface area contributed by atoms with Crippen molar-refractivity contribution in [3.8, 4) is 5.75 Å². The second-order valence-corrected chi connectivity index (χ2v) is 7.95. The van der Waals surface area contributed by atoms with Crippen molar-refractivity contribution >= 4 is 40.9 Å². The Hall–Kier alpha value is -0.820.